The minimum atomic E-state index is -0.132. The Morgan fingerprint density at radius 3 is 2.14 bits per heavy atom. The third kappa shape index (κ3) is 3.33. The van der Waals surface area contributed by atoms with Crippen molar-refractivity contribution in [3.05, 3.63) is 48.0 Å². The molecule has 0 saturated heterocycles. The number of hydrogen-bond donors (Lipinski definition) is 1. The highest BCUT2D eigenvalue weighted by Gasteiger charge is 1.99. The molecule has 0 heterocycles. The summed E-state index contributed by atoms with van der Waals surface area (Å²) in [7, 11) is 1.50. The third-order valence-corrected chi connectivity index (χ3v) is 1.52. The molecular formula is C11H13NO2. The Balaban J connectivity index is 0.000000791. The second-order valence-corrected chi connectivity index (χ2v) is 2.31. The van der Waals surface area contributed by atoms with Crippen molar-refractivity contribution in [2.75, 3.05) is 7.05 Å². The minimum Gasteiger partial charge on any atom is -0.333 e. The summed E-state index contributed by atoms with van der Waals surface area (Å²) in [5.41, 5.74) is 5.62. The Labute approximate surface area is 83.2 Å². The summed E-state index contributed by atoms with van der Waals surface area (Å²) >= 11 is 0. The molecule has 3 heteroatoms. The number of hydrogen-bond acceptors (Lipinski definition) is 3. The summed E-state index contributed by atoms with van der Waals surface area (Å²) in [5, 5.41) is 0. The van der Waals surface area contributed by atoms with Gasteiger partial charge in [0.15, 0.2) is 5.78 Å². The molecule has 74 valence electrons. The van der Waals surface area contributed by atoms with E-state index < -0.39 is 0 Å². The molecule has 3 nitrogen and oxygen atoms in total. The van der Waals surface area contributed by atoms with Crippen LogP contribution in [0.1, 0.15) is 20.7 Å². The van der Waals surface area contributed by atoms with Gasteiger partial charge in [0, 0.05) is 11.1 Å². The van der Waals surface area contributed by atoms with Gasteiger partial charge in [0.1, 0.15) is 6.29 Å². The van der Waals surface area contributed by atoms with Gasteiger partial charge >= 0.3 is 0 Å². The second-order valence-electron chi connectivity index (χ2n) is 2.31. The first-order chi connectivity index (χ1) is 6.77. The van der Waals surface area contributed by atoms with Crippen LogP contribution in [0, 0.1) is 0 Å². The lowest BCUT2D eigenvalue weighted by atomic mass is 10.1. The lowest BCUT2D eigenvalue weighted by Gasteiger charge is -1.94. The van der Waals surface area contributed by atoms with Crippen molar-refractivity contribution in [1.29, 1.82) is 0 Å². The Bertz CT molecular complexity index is 315. The van der Waals surface area contributed by atoms with Gasteiger partial charge < -0.3 is 5.73 Å². The summed E-state index contributed by atoms with van der Waals surface area (Å²) in [6.07, 6.45) is 1.98. The van der Waals surface area contributed by atoms with Gasteiger partial charge in [-0.25, -0.2) is 0 Å². The first kappa shape index (κ1) is 12.3. The zero-order valence-corrected chi connectivity index (χ0v) is 8.07. The summed E-state index contributed by atoms with van der Waals surface area (Å²) in [5.74, 6) is -0.132. The molecule has 0 radical (unpaired) electrons. The van der Waals surface area contributed by atoms with Crippen LogP contribution in [0.3, 0.4) is 0 Å². The van der Waals surface area contributed by atoms with Gasteiger partial charge in [0.05, 0.1) is 0 Å². The fourth-order valence-corrected chi connectivity index (χ4v) is 0.844. The van der Waals surface area contributed by atoms with E-state index in [1.54, 1.807) is 24.3 Å². The Morgan fingerprint density at radius 2 is 1.79 bits per heavy atom. The molecule has 0 spiro atoms. The fraction of sp³-hybridized carbons (Fsp3) is 0.0909. The van der Waals surface area contributed by atoms with E-state index in [1.807, 2.05) is 0 Å². The molecule has 0 aliphatic rings. The monoisotopic (exact) mass is 191 g/mol. The highest BCUT2D eigenvalue weighted by molar-refractivity contribution is 6.04. The van der Waals surface area contributed by atoms with Gasteiger partial charge in [-0.1, -0.05) is 30.8 Å². The van der Waals surface area contributed by atoms with E-state index in [9.17, 15) is 9.59 Å². The molecule has 1 aromatic carbocycles. The van der Waals surface area contributed by atoms with Crippen LogP contribution in [-0.4, -0.2) is 19.1 Å². The lowest BCUT2D eigenvalue weighted by molar-refractivity contribution is 0.104. The molecule has 0 aromatic heterocycles. The smallest absolute Gasteiger partial charge is 0.185 e. The quantitative estimate of drug-likeness (QED) is 0.447. The van der Waals surface area contributed by atoms with Crippen LogP contribution < -0.4 is 5.73 Å². The van der Waals surface area contributed by atoms with Crippen LogP contribution in [0.5, 0.6) is 0 Å². The van der Waals surface area contributed by atoms with E-state index in [-0.39, 0.29) is 5.78 Å². The van der Waals surface area contributed by atoms with Gasteiger partial charge in [0.25, 0.3) is 0 Å². The van der Waals surface area contributed by atoms with Crippen molar-refractivity contribution in [3.63, 3.8) is 0 Å². The molecule has 0 fully saturated rings. The van der Waals surface area contributed by atoms with Crippen molar-refractivity contribution in [2.24, 2.45) is 5.73 Å². The van der Waals surface area contributed by atoms with Crippen LogP contribution in [0.2, 0.25) is 0 Å². The number of aldehydes is 1. The molecule has 1 aromatic rings. The number of benzene rings is 1. The molecule has 0 bridgehead atoms. The molecule has 0 aliphatic heterocycles. The first-order valence-electron chi connectivity index (χ1n) is 4.07. The molecule has 0 unspecified atom stereocenters. The van der Waals surface area contributed by atoms with E-state index in [0.29, 0.717) is 11.1 Å². The normalized spacial score (nSPS) is 8.14. The minimum absolute atomic E-state index is 0.132. The molecular weight excluding hydrogens is 178 g/mol. The van der Waals surface area contributed by atoms with E-state index in [0.717, 1.165) is 6.29 Å². The largest absolute Gasteiger partial charge is 0.333 e. The van der Waals surface area contributed by atoms with Gasteiger partial charge in [0.2, 0.25) is 0 Å². The first-order valence-corrected chi connectivity index (χ1v) is 4.07. The summed E-state index contributed by atoms with van der Waals surface area (Å²) in [6, 6.07) is 6.41. The highest BCUT2D eigenvalue weighted by Crippen LogP contribution is 2.03. The predicted molar refractivity (Wildman–Crippen MR) is 56.5 cm³/mol. The van der Waals surface area contributed by atoms with Crippen molar-refractivity contribution in [3.8, 4) is 0 Å². The topological polar surface area (TPSA) is 60.2 Å². The van der Waals surface area contributed by atoms with Crippen LogP contribution in [0.25, 0.3) is 0 Å². The Morgan fingerprint density at radius 1 is 1.29 bits per heavy atom. The number of rotatable bonds is 3. The maximum Gasteiger partial charge on any atom is 0.185 e. The molecule has 0 aliphatic carbocycles. The fourth-order valence-electron chi connectivity index (χ4n) is 0.844. The molecule has 2 N–H and O–H groups in total. The van der Waals surface area contributed by atoms with E-state index in [1.165, 1.54) is 13.1 Å². The van der Waals surface area contributed by atoms with Crippen molar-refractivity contribution in [2.45, 2.75) is 0 Å². The summed E-state index contributed by atoms with van der Waals surface area (Å²) in [4.78, 5) is 21.3. The van der Waals surface area contributed by atoms with Crippen LogP contribution in [0.4, 0.5) is 0 Å². The molecule has 0 amide bonds. The predicted octanol–water partition coefficient (Wildman–Crippen LogP) is 1.44. The zero-order valence-electron chi connectivity index (χ0n) is 8.07. The Hall–Kier alpha value is -1.74. The number of carbonyl (C=O) groups excluding carboxylic acids is 2. The third-order valence-electron chi connectivity index (χ3n) is 1.52. The second kappa shape index (κ2) is 6.74. The molecule has 14 heavy (non-hydrogen) atoms. The lowest BCUT2D eigenvalue weighted by Crippen LogP contribution is -1.93. The number of nitrogens with two attached hydrogens (primary N) is 1. The van der Waals surface area contributed by atoms with Gasteiger partial charge in [-0.2, -0.15) is 0 Å². The number of ketones is 1. The van der Waals surface area contributed by atoms with Crippen LogP contribution >= 0.6 is 0 Å². The van der Waals surface area contributed by atoms with E-state index in [4.69, 9.17) is 0 Å². The van der Waals surface area contributed by atoms with Crippen molar-refractivity contribution < 1.29 is 9.59 Å². The van der Waals surface area contributed by atoms with Crippen molar-refractivity contribution in [1.82, 2.24) is 0 Å². The SMILES string of the molecule is C=CC(=O)c1ccc(C=O)cc1.CN. The maximum atomic E-state index is 11.0. The van der Waals surface area contributed by atoms with Crippen LogP contribution in [0.15, 0.2) is 36.9 Å². The van der Waals surface area contributed by atoms with E-state index in [2.05, 4.69) is 12.3 Å². The van der Waals surface area contributed by atoms with Gasteiger partial charge in [-0.15, -0.1) is 0 Å². The number of carbonyl (C=O) groups is 2. The van der Waals surface area contributed by atoms with E-state index >= 15 is 0 Å². The van der Waals surface area contributed by atoms with Crippen LogP contribution in [-0.2, 0) is 0 Å². The van der Waals surface area contributed by atoms with Gasteiger partial charge in [-0.05, 0) is 13.1 Å². The van der Waals surface area contributed by atoms with Gasteiger partial charge in [-0.3, -0.25) is 9.59 Å². The average molecular weight is 191 g/mol. The standard InChI is InChI=1S/C10H8O2.CH5N/c1-2-10(12)9-5-3-8(7-11)4-6-9;1-2/h2-7H,1H2;2H2,1H3. The highest BCUT2D eigenvalue weighted by atomic mass is 16.1. The number of allylic oxidation sites excluding steroid dienone is 1. The molecule has 0 atom stereocenters. The zero-order chi connectivity index (χ0) is 11.0. The maximum absolute atomic E-state index is 11.0. The summed E-state index contributed by atoms with van der Waals surface area (Å²) < 4.78 is 0. The average Bonchev–Trinajstić information content (AvgIpc) is 2.31. The molecule has 1 rings (SSSR count). The molecule has 0 saturated carbocycles. The van der Waals surface area contributed by atoms with Crippen molar-refractivity contribution >= 4 is 12.1 Å². The summed E-state index contributed by atoms with van der Waals surface area (Å²) in [6.45, 7) is 3.36. The Kier molecular flexibility index (Phi) is 5.90.